The van der Waals surface area contributed by atoms with E-state index >= 15 is 0 Å². The van der Waals surface area contributed by atoms with Crippen LogP contribution < -0.4 is 0 Å². The maximum absolute atomic E-state index is 10.9. The van der Waals surface area contributed by atoms with Crippen LogP contribution in [0.4, 0.5) is 0 Å². The number of carbonyl (C=O) groups is 2. The van der Waals surface area contributed by atoms with E-state index in [1.165, 1.54) is 0 Å². The van der Waals surface area contributed by atoms with Gasteiger partial charge in [-0.05, 0) is 12.8 Å². The topological polar surface area (TPSA) is 98.1 Å². The molecule has 3 N–H and O–H groups in total. The summed E-state index contributed by atoms with van der Waals surface area (Å²) in [6, 6.07) is 0. The van der Waals surface area contributed by atoms with Crippen molar-refractivity contribution in [3.63, 3.8) is 0 Å². The van der Waals surface area contributed by atoms with Crippen molar-refractivity contribution in [3.05, 3.63) is 0 Å². The van der Waals surface area contributed by atoms with Gasteiger partial charge in [0.05, 0.1) is 5.92 Å². The Kier molecular flexibility index (Phi) is 8.23. The maximum atomic E-state index is 10.9. The van der Waals surface area contributed by atoms with Crippen LogP contribution in [0.25, 0.3) is 0 Å². The number of hydrogen-bond acceptors (Lipinski definition) is 4. The van der Waals surface area contributed by atoms with Gasteiger partial charge in [-0.25, -0.2) is 0 Å². The van der Waals surface area contributed by atoms with E-state index in [-0.39, 0.29) is 24.3 Å². The number of hydrogen-bond donors (Lipinski definition) is 3. The average Bonchev–Trinajstić information content (AvgIpc) is 2.30. The standard InChI is InChI=1S/C11H19NO5S/c1-2-3-6-12(17)9(18)7-8(11(15)16)4-5-10(13)14/h8,17H,2-7H2,1H3,(H,13,14)(H,15,16). The van der Waals surface area contributed by atoms with Crippen LogP contribution in [-0.4, -0.2) is 44.0 Å². The molecule has 0 aliphatic rings. The summed E-state index contributed by atoms with van der Waals surface area (Å²) in [4.78, 5) is 21.5. The number of carboxylic acids is 2. The zero-order valence-corrected chi connectivity index (χ0v) is 11.2. The first-order valence-corrected chi connectivity index (χ1v) is 6.23. The molecule has 0 aliphatic heterocycles. The highest BCUT2D eigenvalue weighted by Gasteiger charge is 2.22. The first-order valence-electron chi connectivity index (χ1n) is 5.82. The zero-order valence-electron chi connectivity index (χ0n) is 10.3. The second kappa shape index (κ2) is 8.82. The lowest BCUT2D eigenvalue weighted by atomic mass is 9.99. The summed E-state index contributed by atoms with van der Waals surface area (Å²) in [5, 5.41) is 27.9. The summed E-state index contributed by atoms with van der Waals surface area (Å²) in [7, 11) is 0. The van der Waals surface area contributed by atoms with Crippen LogP contribution in [0.3, 0.4) is 0 Å². The third-order valence-electron chi connectivity index (χ3n) is 2.49. The largest absolute Gasteiger partial charge is 0.481 e. The van der Waals surface area contributed by atoms with Gasteiger partial charge in [0.1, 0.15) is 4.99 Å². The second-order valence-electron chi connectivity index (χ2n) is 4.04. The minimum absolute atomic E-state index is 0.00637. The highest BCUT2D eigenvalue weighted by molar-refractivity contribution is 7.80. The SMILES string of the molecule is CCCCN(O)C(=S)CC(CCC(=O)O)C(=O)O. The van der Waals surface area contributed by atoms with Gasteiger partial charge in [0.25, 0.3) is 0 Å². The Labute approximate surface area is 111 Å². The fourth-order valence-electron chi connectivity index (χ4n) is 1.36. The molecule has 0 amide bonds. The van der Waals surface area contributed by atoms with Gasteiger partial charge >= 0.3 is 11.9 Å². The normalized spacial score (nSPS) is 11.9. The van der Waals surface area contributed by atoms with E-state index in [9.17, 15) is 14.8 Å². The third-order valence-corrected chi connectivity index (χ3v) is 2.87. The van der Waals surface area contributed by atoms with E-state index in [2.05, 4.69) is 0 Å². The summed E-state index contributed by atoms with van der Waals surface area (Å²) in [5.41, 5.74) is 0. The van der Waals surface area contributed by atoms with Crippen LogP contribution in [0.1, 0.15) is 39.0 Å². The second-order valence-corrected chi connectivity index (χ2v) is 4.51. The lowest BCUT2D eigenvalue weighted by Crippen LogP contribution is -2.30. The summed E-state index contributed by atoms with van der Waals surface area (Å²) in [6.45, 7) is 2.32. The molecule has 0 saturated heterocycles. The van der Waals surface area contributed by atoms with Crippen molar-refractivity contribution in [1.29, 1.82) is 0 Å². The molecule has 0 aromatic rings. The predicted molar refractivity (Wildman–Crippen MR) is 68.6 cm³/mol. The molecule has 0 aliphatic carbocycles. The molecule has 0 aromatic heterocycles. The van der Waals surface area contributed by atoms with Crippen LogP contribution in [0.5, 0.6) is 0 Å². The first kappa shape index (κ1) is 16.8. The molecule has 7 heteroatoms. The van der Waals surface area contributed by atoms with Crippen molar-refractivity contribution in [2.45, 2.75) is 39.0 Å². The number of thiocarbonyl (C=S) groups is 1. The molecule has 0 aromatic carbocycles. The van der Waals surface area contributed by atoms with E-state index in [1.807, 2.05) is 6.92 Å². The average molecular weight is 277 g/mol. The number of aliphatic carboxylic acids is 2. The van der Waals surface area contributed by atoms with Crippen LogP contribution in [0.15, 0.2) is 0 Å². The van der Waals surface area contributed by atoms with Gasteiger partial charge in [0.15, 0.2) is 0 Å². The van der Waals surface area contributed by atoms with Gasteiger partial charge in [-0.1, -0.05) is 25.6 Å². The summed E-state index contributed by atoms with van der Waals surface area (Å²) >= 11 is 4.93. The van der Waals surface area contributed by atoms with Crippen LogP contribution in [0.2, 0.25) is 0 Å². The molecule has 0 fully saturated rings. The fourth-order valence-corrected chi connectivity index (χ4v) is 1.65. The molecule has 0 radical (unpaired) electrons. The molecular formula is C11H19NO5S. The molecule has 104 valence electrons. The van der Waals surface area contributed by atoms with E-state index in [0.717, 1.165) is 17.9 Å². The highest BCUT2D eigenvalue weighted by atomic mass is 32.1. The Morgan fingerprint density at radius 1 is 1.33 bits per heavy atom. The number of carboxylic acid groups (broad SMARTS) is 2. The fraction of sp³-hybridized carbons (Fsp3) is 0.727. The summed E-state index contributed by atoms with van der Waals surface area (Å²) in [6.07, 6.45) is 1.41. The number of unbranched alkanes of at least 4 members (excludes halogenated alkanes) is 1. The maximum Gasteiger partial charge on any atom is 0.306 e. The Balaban J connectivity index is 4.26. The lowest BCUT2D eigenvalue weighted by molar-refractivity contribution is -0.142. The molecule has 0 bridgehead atoms. The van der Waals surface area contributed by atoms with Crippen LogP contribution in [0, 0.1) is 5.92 Å². The van der Waals surface area contributed by atoms with E-state index in [1.54, 1.807) is 0 Å². The molecule has 6 nitrogen and oxygen atoms in total. The molecule has 0 saturated carbocycles. The quantitative estimate of drug-likeness (QED) is 0.436. The zero-order chi connectivity index (χ0) is 14.1. The Morgan fingerprint density at radius 3 is 2.39 bits per heavy atom. The minimum Gasteiger partial charge on any atom is -0.481 e. The third kappa shape index (κ3) is 7.18. The Morgan fingerprint density at radius 2 is 1.94 bits per heavy atom. The number of rotatable bonds is 9. The Hall–Kier alpha value is -1.21. The van der Waals surface area contributed by atoms with Crippen molar-refractivity contribution < 1.29 is 25.0 Å². The van der Waals surface area contributed by atoms with Crippen LogP contribution in [-0.2, 0) is 9.59 Å². The lowest BCUT2D eigenvalue weighted by Gasteiger charge is -2.20. The van der Waals surface area contributed by atoms with E-state index in [4.69, 9.17) is 22.4 Å². The molecular weight excluding hydrogens is 258 g/mol. The Bertz CT molecular complexity index is 308. The minimum atomic E-state index is -1.09. The van der Waals surface area contributed by atoms with E-state index in [0.29, 0.717) is 6.54 Å². The van der Waals surface area contributed by atoms with Gasteiger partial charge < -0.3 is 10.2 Å². The van der Waals surface area contributed by atoms with Crippen molar-refractivity contribution in [2.75, 3.05) is 6.54 Å². The molecule has 1 atom stereocenters. The van der Waals surface area contributed by atoms with Gasteiger partial charge in [-0.15, -0.1) is 0 Å². The number of hydroxylamine groups is 2. The van der Waals surface area contributed by atoms with Gasteiger partial charge in [0, 0.05) is 19.4 Å². The van der Waals surface area contributed by atoms with Crippen LogP contribution >= 0.6 is 12.2 Å². The number of nitrogens with zero attached hydrogens (tertiary/aromatic N) is 1. The van der Waals surface area contributed by atoms with Gasteiger partial charge in [0.2, 0.25) is 0 Å². The molecule has 1 unspecified atom stereocenters. The smallest absolute Gasteiger partial charge is 0.306 e. The highest BCUT2D eigenvalue weighted by Crippen LogP contribution is 2.14. The first-order chi connectivity index (χ1) is 8.38. The van der Waals surface area contributed by atoms with Gasteiger partial charge in [-0.2, -0.15) is 0 Å². The van der Waals surface area contributed by atoms with E-state index < -0.39 is 17.9 Å². The van der Waals surface area contributed by atoms with Crippen molar-refractivity contribution in [3.8, 4) is 0 Å². The van der Waals surface area contributed by atoms with Gasteiger partial charge in [-0.3, -0.25) is 19.9 Å². The van der Waals surface area contributed by atoms with Crippen molar-refractivity contribution in [1.82, 2.24) is 5.06 Å². The monoisotopic (exact) mass is 277 g/mol. The molecule has 0 spiro atoms. The van der Waals surface area contributed by atoms with Crippen molar-refractivity contribution >= 4 is 29.1 Å². The molecule has 0 heterocycles. The summed E-state index contributed by atoms with van der Waals surface area (Å²) in [5.74, 6) is -3.01. The summed E-state index contributed by atoms with van der Waals surface area (Å²) < 4.78 is 0. The van der Waals surface area contributed by atoms with Crippen molar-refractivity contribution in [2.24, 2.45) is 5.92 Å². The molecule has 18 heavy (non-hydrogen) atoms. The predicted octanol–water partition coefficient (Wildman–Crippen LogP) is 1.76. The molecule has 0 rings (SSSR count).